The van der Waals surface area contributed by atoms with E-state index < -0.39 is 0 Å². The zero-order valence-corrected chi connectivity index (χ0v) is 9.76. The van der Waals surface area contributed by atoms with Gasteiger partial charge in [-0.3, -0.25) is 4.79 Å². The molecule has 1 aromatic rings. The zero-order valence-electron chi connectivity index (χ0n) is 9.00. The standard InChI is InChI=1S/C12H15ClN2O/c13-10-3-1-2-4-11(10)15-12(16)7-9-5-6-14-8-9/h1-4,9,14H,5-8H2,(H,15,16). The number of rotatable bonds is 3. The van der Waals surface area contributed by atoms with Crippen LogP contribution < -0.4 is 10.6 Å². The molecule has 1 fully saturated rings. The predicted molar refractivity (Wildman–Crippen MR) is 65.7 cm³/mol. The highest BCUT2D eigenvalue weighted by atomic mass is 35.5. The summed E-state index contributed by atoms with van der Waals surface area (Å²) >= 11 is 5.96. The highest BCUT2D eigenvalue weighted by Gasteiger charge is 2.18. The Morgan fingerprint density at radius 3 is 3.00 bits per heavy atom. The van der Waals surface area contributed by atoms with E-state index in [0.29, 0.717) is 23.0 Å². The van der Waals surface area contributed by atoms with Gasteiger partial charge in [-0.25, -0.2) is 0 Å². The Balaban J connectivity index is 1.89. The average Bonchev–Trinajstić information content (AvgIpc) is 2.74. The van der Waals surface area contributed by atoms with Gasteiger partial charge in [0.2, 0.25) is 5.91 Å². The minimum Gasteiger partial charge on any atom is -0.325 e. The summed E-state index contributed by atoms with van der Waals surface area (Å²) in [4.78, 5) is 11.7. The minimum atomic E-state index is 0.0433. The SMILES string of the molecule is O=C(CC1CCNC1)Nc1ccccc1Cl. The van der Waals surface area contributed by atoms with E-state index in [1.807, 2.05) is 18.2 Å². The number of hydrogen-bond donors (Lipinski definition) is 2. The van der Waals surface area contributed by atoms with E-state index in [-0.39, 0.29) is 5.91 Å². The first-order chi connectivity index (χ1) is 7.75. The van der Waals surface area contributed by atoms with Crippen molar-refractivity contribution >= 4 is 23.2 Å². The number of carbonyl (C=O) groups excluding carboxylic acids is 1. The number of anilines is 1. The summed E-state index contributed by atoms with van der Waals surface area (Å²) in [6.07, 6.45) is 1.65. The number of nitrogens with one attached hydrogen (secondary N) is 2. The van der Waals surface area contributed by atoms with Crippen molar-refractivity contribution in [3.8, 4) is 0 Å². The molecule has 0 saturated carbocycles. The first-order valence-corrected chi connectivity index (χ1v) is 5.88. The zero-order chi connectivity index (χ0) is 11.4. The first-order valence-electron chi connectivity index (χ1n) is 5.51. The molecule has 2 N–H and O–H groups in total. The Kier molecular flexibility index (Phi) is 3.80. The number of benzene rings is 1. The van der Waals surface area contributed by atoms with Crippen molar-refractivity contribution in [1.29, 1.82) is 0 Å². The van der Waals surface area contributed by atoms with E-state index in [4.69, 9.17) is 11.6 Å². The monoisotopic (exact) mass is 238 g/mol. The Bertz CT molecular complexity index is 375. The smallest absolute Gasteiger partial charge is 0.224 e. The lowest BCUT2D eigenvalue weighted by atomic mass is 10.0. The van der Waals surface area contributed by atoms with Crippen LogP contribution in [0.1, 0.15) is 12.8 Å². The van der Waals surface area contributed by atoms with E-state index in [9.17, 15) is 4.79 Å². The molecule has 1 saturated heterocycles. The summed E-state index contributed by atoms with van der Waals surface area (Å²) in [6, 6.07) is 7.29. The topological polar surface area (TPSA) is 41.1 Å². The molecule has 0 aliphatic carbocycles. The molecule has 2 rings (SSSR count). The van der Waals surface area contributed by atoms with Crippen LogP contribution in [0.15, 0.2) is 24.3 Å². The third kappa shape index (κ3) is 2.97. The van der Waals surface area contributed by atoms with E-state index in [2.05, 4.69) is 10.6 Å². The second-order valence-corrected chi connectivity index (χ2v) is 4.50. The van der Waals surface area contributed by atoms with Crippen molar-refractivity contribution in [2.24, 2.45) is 5.92 Å². The largest absolute Gasteiger partial charge is 0.325 e. The molecule has 1 amide bonds. The van der Waals surface area contributed by atoms with Crippen LogP contribution in [0.5, 0.6) is 0 Å². The number of halogens is 1. The van der Waals surface area contributed by atoms with Crippen molar-refractivity contribution < 1.29 is 4.79 Å². The molecule has 1 aliphatic heterocycles. The molecule has 16 heavy (non-hydrogen) atoms. The van der Waals surface area contributed by atoms with Crippen molar-refractivity contribution in [3.05, 3.63) is 29.3 Å². The van der Waals surface area contributed by atoms with Crippen molar-refractivity contribution in [3.63, 3.8) is 0 Å². The van der Waals surface area contributed by atoms with Gasteiger partial charge in [-0.15, -0.1) is 0 Å². The molecule has 0 aromatic heterocycles. The molecule has 1 heterocycles. The molecule has 1 unspecified atom stereocenters. The second kappa shape index (κ2) is 5.32. The quantitative estimate of drug-likeness (QED) is 0.848. The van der Waals surface area contributed by atoms with Crippen LogP contribution in [-0.4, -0.2) is 19.0 Å². The molecule has 0 bridgehead atoms. The number of amides is 1. The number of para-hydroxylation sites is 1. The van der Waals surface area contributed by atoms with Gasteiger partial charge in [0.1, 0.15) is 0 Å². The molecular weight excluding hydrogens is 224 g/mol. The number of carbonyl (C=O) groups is 1. The van der Waals surface area contributed by atoms with E-state index >= 15 is 0 Å². The van der Waals surface area contributed by atoms with Gasteiger partial charge in [-0.2, -0.15) is 0 Å². The second-order valence-electron chi connectivity index (χ2n) is 4.09. The van der Waals surface area contributed by atoms with Crippen molar-refractivity contribution in [2.75, 3.05) is 18.4 Å². The van der Waals surface area contributed by atoms with Crippen LogP contribution in [0.4, 0.5) is 5.69 Å². The van der Waals surface area contributed by atoms with Gasteiger partial charge in [0.25, 0.3) is 0 Å². The third-order valence-corrected chi connectivity index (χ3v) is 3.11. The van der Waals surface area contributed by atoms with Crippen LogP contribution in [0, 0.1) is 5.92 Å². The van der Waals surface area contributed by atoms with Gasteiger partial charge >= 0.3 is 0 Å². The fourth-order valence-corrected chi connectivity index (χ4v) is 2.10. The highest BCUT2D eigenvalue weighted by molar-refractivity contribution is 6.33. The maximum Gasteiger partial charge on any atom is 0.224 e. The highest BCUT2D eigenvalue weighted by Crippen LogP contribution is 2.21. The average molecular weight is 239 g/mol. The van der Waals surface area contributed by atoms with Gasteiger partial charge in [-0.05, 0) is 37.6 Å². The summed E-state index contributed by atoms with van der Waals surface area (Å²) in [7, 11) is 0. The van der Waals surface area contributed by atoms with Crippen LogP contribution in [0.2, 0.25) is 5.02 Å². The van der Waals surface area contributed by atoms with Gasteiger partial charge in [0.15, 0.2) is 0 Å². The van der Waals surface area contributed by atoms with E-state index in [0.717, 1.165) is 19.5 Å². The summed E-state index contributed by atoms with van der Waals surface area (Å²) < 4.78 is 0. The van der Waals surface area contributed by atoms with Gasteiger partial charge in [0.05, 0.1) is 10.7 Å². The molecule has 4 heteroatoms. The number of hydrogen-bond acceptors (Lipinski definition) is 2. The summed E-state index contributed by atoms with van der Waals surface area (Å²) in [5, 5.41) is 6.67. The van der Waals surface area contributed by atoms with Gasteiger partial charge < -0.3 is 10.6 Å². The molecule has 0 spiro atoms. The Hall–Kier alpha value is -1.06. The molecule has 0 radical (unpaired) electrons. The van der Waals surface area contributed by atoms with Crippen LogP contribution >= 0.6 is 11.6 Å². The molecule has 1 aliphatic rings. The molecule has 3 nitrogen and oxygen atoms in total. The first kappa shape index (κ1) is 11.4. The molecular formula is C12H15ClN2O. The van der Waals surface area contributed by atoms with Crippen molar-refractivity contribution in [1.82, 2.24) is 5.32 Å². The Morgan fingerprint density at radius 2 is 2.31 bits per heavy atom. The fraction of sp³-hybridized carbons (Fsp3) is 0.417. The lowest BCUT2D eigenvalue weighted by molar-refractivity contribution is -0.116. The molecule has 86 valence electrons. The van der Waals surface area contributed by atoms with Crippen molar-refractivity contribution in [2.45, 2.75) is 12.8 Å². The van der Waals surface area contributed by atoms with Gasteiger partial charge in [-0.1, -0.05) is 23.7 Å². The van der Waals surface area contributed by atoms with Crippen LogP contribution in [-0.2, 0) is 4.79 Å². The summed E-state index contributed by atoms with van der Waals surface area (Å²) in [5.41, 5.74) is 0.695. The van der Waals surface area contributed by atoms with E-state index in [1.54, 1.807) is 6.07 Å². The Labute approximate surface area is 100 Å². The summed E-state index contributed by atoms with van der Waals surface area (Å²) in [5.74, 6) is 0.504. The predicted octanol–water partition coefficient (Wildman–Crippen LogP) is 2.28. The van der Waals surface area contributed by atoms with E-state index in [1.165, 1.54) is 0 Å². The Morgan fingerprint density at radius 1 is 1.50 bits per heavy atom. The van der Waals surface area contributed by atoms with Crippen LogP contribution in [0.3, 0.4) is 0 Å². The molecule has 1 atom stereocenters. The summed E-state index contributed by atoms with van der Waals surface area (Å²) in [6.45, 7) is 1.96. The maximum absolute atomic E-state index is 11.7. The normalized spacial score (nSPS) is 19.7. The minimum absolute atomic E-state index is 0.0433. The van der Waals surface area contributed by atoms with Gasteiger partial charge in [0, 0.05) is 6.42 Å². The molecule has 1 aromatic carbocycles. The maximum atomic E-state index is 11.7. The lowest BCUT2D eigenvalue weighted by Gasteiger charge is -2.10. The van der Waals surface area contributed by atoms with Crippen LogP contribution in [0.25, 0.3) is 0 Å². The fourth-order valence-electron chi connectivity index (χ4n) is 1.91. The lowest BCUT2D eigenvalue weighted by Crippen LogP contribution is -2.18. The third-order valence-electron chi connectivity index (χ3n) is 2.78.